The Morgan fingerprint density at radius 1 is 0.857 bits per heavy atom. The molecule has 0 spiro atoms. The van der Waals surface area contributed by atoms with E-state index in [2.05, 4.69) is 5.32 Å². The number of hydrogen-bond donors (Lipinski definition) is 5. The zero-order valence-electron chi connectivity index (χ0n) is 22.9. The molecule has 3 aromatic carbocycles. The molecule has 10 nitrogen and oxygen atoms in total. The maximum atomic E-state index is 12.3. The van der Waals surface area contributed by atoms with Gasteiger partial charge >= 0.3 is 5.97 Å². The Bertz CT molecular complexity index is 1350. The highest BCUT2D eigenvalue weighted by molar-refractivity contribution is 7.99. The highest BCUT2D eigenvalue weighted by Gasteiger charge is 2.32. The summed E-state index contributed by atoms with van der Waals surface area (Å²) >= 11 is 1.43. The van der Waals surface area contributed by atoms with E-state index in [9.17, 15) is 24.6 Å². The van der Waals surface area contributed by atoms with E-state index in [1.807, 2.05) is 42.5 Å². The van der Waals surface area contributed by atoms with Crippen LogP contribution in [0.4, 0.5) is 5.69 Å². The highest BCUT2D eigenvalue weighted by atomic mass is 32.2. The van der Waals surface area contributed by atoms with Gasteiger partial charge in [-0.2, -0.15) is 0 Å². The van der Waals surface area contributed by atoms with Gasteiger partial charge in [-0.05, 0) is 48.2 Å². The van der Waals surface area contributed by atoms with E-state index in [1.54, 1.807) is 35.8 Å². The van der Waals surface area contributed by atoms with E-state index < -0.39 is 18.2 Å². The number of nitrogens with one attached hydrogen (secondary N) is 2. The summed E-state index contributed by atoms with van der Waals surface area (Å²) in [6, 6.07) is 21.6. The summed E-state index contributed by atoms with van der Waals surface area (Å²) in [6.07, 6.45) is 0.733. The Kier molecular flexibility index (Phi) is 11.5. The first-order valence-electron chi connectivity index (χ1n) is 13.6. The number of carboxylic acid groups (broad SMARTS) is 1. The molecule has 42 heavy (non-hydrogen) atoms. The van der Waals surface area contributed by atoms with Crippen LogP contribution in [-0.2, 0) is 25.7 Å². The summed E-state index contributed by atoms with van der Waals surface area (Å²) in [5, 5.41) is 30.4. The number of aliphatic hydroxyl groups excluding tert-OH is 1. The minimum atomic E-state index is -0.980. The van der Waals surface area contributed by atoms with Crippen molar-refractivity contribution in [3.8, 4) is 0 Å². The fourth-order valence-electron chi connectivity index (χ4n) is 4.55. The second kappa shape index (κ2) is 15.5. The molecule has 0 saturated carbocycles. The van der Waals surface area contributed by atoms with Crippen molar-refractivity contribution in [1.82, 2.24) is 5.48 Å². The first-order valence-corrected chi connectivity index (χ1v) is 14.6. The Morgan fingerprint density at radius 3 is 2.19 bits per heavy atom. The molecule has 4 rings (SSSR count). The van der Waals surface area contributed by atoms with E-state index in [4.69, 9.17) is 14.7 Å². The molecule has 3 atom stereocenters. The second-order valence-electron chi connectivity index (χ2n) is 9.87. The summed E-state index contributed by atoms with van der Waals surface area (Å²) in [5.41, 5.74) is 4.94. The fourth-order valence-corrected chi connectivity index (χ4v) is 5.61. The summed E-state index contributed by atoms with van der Waals surface area (Å²) in [4.78, 5) is 35.7. The number of aromatic carboxylic acids is 1. The van der Waals surface area contributed by atoms with Gasteiger partial charge in [-0.3, -0.25) is 14.8 Å². The lowest BCUT2D eigenvalue weighted by molar-refractivity contribution is -0.245. The van der Waals surface area contributed by atoms with Crippen LogP contribution in [0, 0.1) is 0 Å². The number of ether oxygens (including phenoxy) is 2. The fraction of sp³-hybridized carbons (Fsp3) is 0.323. The van der Waals surface area contributed by atoms with Gasteiger partial charge in [0.2, 0.25) is 11.8 Å². The van der Waals surface area contributed by atoms with Crippen LogP contribution in [0.15, 0.2) is 77.7 Å². The van der Waals surface area contributed by atoms with Crippen molar-refractivity contribution in [2.75, 3.05) is 11.1 Å². The van der Waals surface area contributed by atoms with Crippen molar-refractivity contribution in [3.05, 3.63) is 95.1 Å². The average Bonchev–Trinajstić information content (AvgIpc) is 3.02. The van der Waals surface area contributed by atoms with Gasteiger partial charge in [0.15, 0.2) is 6.29 Å². The molecule has 1 fully saturated rings. The minimum absolute atomic E-state index is 0.0520. The maximum absolute atomic E-state index is 12.3. The van der Waals surface area contributed by atoms with Crippen molar-refractivity contribution in [1.29, 1.82) is 0 Å². The predicted octanol–water partition coefficient (Wildman–Crippen LogP) is 5.22. The summed E-state index contributed by atoms with van der Waals surface area (Å²) in [5.74, 6) is -1.12. The number of amides is 2. The largest absolute Gasteiger partial charge is 0.478 e. The standard InChI is InChI=1S/C31H34N2O8S/c34-18-20-9-11-21(12-10-20)26-17-24(19-42-27-6-2-1-5-25(27)30(37)38)40-31(41-26)22-13-15-23(16-14-22)32-28(35)7-3-4-8-29(36)33-39/h1-2,5-6,9-16,24,26,31,34,39H,3-4,7-8,17-19H2,(H,32,35)(H,33,36)(H,37,38)/t24-,26+,31+/m0/s1. The zero-order chi connectivity index (χ0) is 29.9. The van der Waals surface area contributed by atoms with E-state index in [-0.39, 0.29) is 43.1 Å². The summed E-state index contributed by atoms with van der Waals surface area (Å²) < 4.78 is 12.7. The molecule has 1 saturated heterocycles. The molecule has 5 N–H and O–H groups in total. The normalized spacial score (nSPS) is 18.3. The van der Waals surface area contributed by atoms with Gasteiger partial charge in [-0.1, -0.05) is 48.5 Å². The topological polar surface area (TPSA) is 154 Å². The van der Waals surface area contributed by atoms with Crippen LogP contribution in [-0.4, -0.2) is 45.1 Å². The van der Waals surface area contributed by atoms with E-state index >= 15 is 0 Å². The number of hydrogen-bond acceptors (Lipinski definition) is 8. The number of carbonyl (C=O) groups excluding carboxylic acids is 2. The van der Waals surface area contributed by atoms with Crippen molar-refractivity contribution in [2.45, 2.75) is 62.1 Å². The monoisotopic (exact) mass is 594 g/mol. The van der Waals surface area contributed by atoms with Crippen molar-refractivity contribution in [3.63, 3.8) is 0 Å². The number of carbonyl (C=O) groups is 3. The smallest absolute Gasteiger partial charge is 0.336 e. The van der Waals surface area contributed by atoms with Gasteiger partial charge < -0.3 is 25.0 Å². The number of anilines is 1. The molecule has 0 radical (unpaired) electrons. The van der Waals surface area contributed by atoms with Crippen LogP contribution in [0.1, 0.15) is 71.5 Å². The lowest BCUT2D eigenvalue weighted by Crippen LogP contribution is -2.31. The molecular weight excluding hydrogens is 560 g/mol. The predicted molar refractivity (Wildman–Crippen MR) is 156 cm³/mol. The molecule has 1 heterocycles. The van der Waals surface area contributed by atoms with Gasteiger partial charge in [0, 0.05) is 41.2 Å². The van der Waals surface area contributed by atoms with Gasteiger partial charge in [0.1, 0.15) is 0 Å². The molecule has 1 aliphatic rings. The quantitative estimate of drug-likeness (QED) is 0.0775. The van der Waals surface area contributed by atoms with Crippen LogP contribution in [0.3, 0.4) is 0 Å². The number of aliphatic hydroxyl groups is 1. The Balaban J connectivity index is 1.43. The number of rotatable bonds is 13. The molecule has 222 valence electrons. The van der Waals surface area contributed by atoms with Gasteiger partial charge in [-0.15, -0.1) is 11.8 Å². The molecule has 3 aromatic rings. The highest BCUT2D eigenvalue weighted by Crippen LogP contribution is 2.40. The number of carboxylic acids is 1. The lowest BCUT2D eigenvalue weighted by atomic mass is 10.0. The third-order valence-corrected chi connectivity index (χ3v) is 8.01. The first kappa shape index (κ1) is 31.2. The molecule has 11 heteroatoms. The number of unbranched alkanes of at least 4 members (excludes halogenated alkanes) is 1. The van der Waals surface area contributed by atoms with E-state index in [1.165, 1.54) is 11.8 Å². The SMILES string of the molecule is O=C(CCCCC(=O)Nc1ccc([C@@H]2O[C@H](CSc3ccccc3C(=O)O)C[C@H](c3ccc(CO)cc3)O2)cc1)NO. The van der Waals surface area contributed by atoms with Crippen molar-refractivity contribution in [2.24, 2.45) is 0 Å². The first-order chi connectivity index (χ1) is 20.4. The molecule has 1 aliphatic heterocycles. The number of thioether (sulfide) groups is 1. The van der Waals surface area contributed by atoms with Crippen LogP contribution >= 0.6 is 11.8 Å². The Hall–Kier alpha value is -3.74. The molecule has 0 aliphatic carbocycles. The minimum Gasteiger partial charge on any atom is -0.478 e. The molecule has 0 aromatic heterocycles. The van der Waals surface area contributed by atoms with E-state index in [0.717, 1.165) is 16.7 Å². The van der Waals surface area contributed by atoms with Gasteiger partial charge in [0.05, 0.1) is 24.4 Å². The van der Waals surface area contributed by atoms with Crippen LogP contribution in [0.2, 0.25) is 0 Å². The number of hydroxylamine groups is 1. The lowest BCUT2D eigenvalue weighted by Gasteiger charge is -2.36. The van der Waals surface area contributed by atoms with Crippen molar-refractivity contribution >= 4 is 35.2 Å². The third kappa shape index (κ3) is 8.88. The van der Waals surface area contributed by atoms with Crippen LogP contribution in [0.25, 0.3) is 0 Å². The average molecular weight is 595 g/mol. The second-order valence-corrected chi connectivity index (χ2v) is 10.9. The van der Waals surface area contributed by atoms with Gasteiger partial charge in [-0.25, -0.2) is 10.3 Å². The van der Waals surface area contributed by atoms with Crippen LogP contribution < -0.4 is 10.8 Å². The molecular formula is C31H34N2O8S. The van der Waals surface area contributed by atoms with Gasteiger partial charge in [0.25, 0.3) is 0 Å². The molecule has 0 bridgehead atoms. The molecule has 0 unspecified atom stereocenters. The zero-order valence-corrected chi connectivity index (χ0v) is 23.7. The summed E-state index contributed by atoms with van der Waals surface area (Å²) in [7, 11) is 0. The van der Waals surface area contributed by atoms with Crippen LogP contribution in [0.5, 0.6) is 0 Å². The molecule has 2 amide bonds. The Labute approximate surface area is 248 Å². The Morgan fingerprint density at radius 2 is 1.52 bits per heavy atom. The van der Waals surface area contributed by atoms with Crippen molar-refractivity contribution < 1.29 is 39.3 Å². The summed E-state index contributed by atoms with van der Waals surface area (Å²) in [6.45, 7) is -0.0520. The van der Waals surface area contributed by atoms with E-state index in [0.29, 0.717) is 35.6 Å². The third-order valence-electron chi connectivity index (χ3n) is 6.81. The number of benzene rings is 3. The maximum Gasteiger partial charge on any atom is 0.336 e.